The molecule has 0 aliphatic carbocycles. The first-order valence-corrected chi connectivity index (χ1v) is 6.55. The van der Waals surface area contributed by atoms with E-state index in [1.54, 1.807) is 0 Å². The lowest BCUT2D eigenvalue weighted by molar-refractivity contribution is -0.134. The molecular formula is C15H17FO3. The van der Waals surface area contributed by atoms with Crippen LogP contribution in [0.4, 0.5) is 4.39 Å². The minimum Gasteiger partial charge on any atom is -0.486 e. The van der Waals surface area contributed by atoms with Crippen LogP contribution in [0.15, 0.2) is 18.2 Å². The maximum atomic E-state index is 13.3. The lowest BCUT2D eigenvalue weighted by Crippen LogP contribution is -2.52. The summed E-state index contributed by atoms with van der Waals surface area (Å²) < 4.78 is 25.0. The van der Waals surface area contributed by atoms with Crippen LogP contribution in [-0.4, -0.2) is 23.6 Å². The second-order valence-electron chi connectivity index (χ2n) is 6.06. The SMILES string of the molecule is CC1(C)CC2(CCO1)CC(=O)c1ccc(F)cc1O2. The Balaban J connectivity index is 1.98. The first kappa shape index (κ1) is 12.6. The number of rotatable bonds is 0. The molecule has 102 valence electrons. The number of ether oxygens (including phenoxy) is 2. The largest absolute Gasteiger partial charge is 0.486 e. The molecule has 0 N–H and O–H groups in total. The average molecular weight is 264 g/mol. The Hall–Kier alpha value is -1.42. The van der Waals surface area contributed by atoms with Crippen LogP contribution in [0.2, 0.25) is 0 Å². The summed E-state index contributed by atoms with van der Waals surface area (Å²) in [6, 6.07) is 4.10. The number of hydrogen-bond donors (Lipinski definition) is 0. The van der Waals surface area contributed by atoms with Gasteiger partial charge in [0.2, 0.25) is 0 Å². The van der Waals surface area contributed by atoms with E-state index in [0.29, 0.717) is 37.2 Å². The second kappa shape index (κ2) is 4.04. The first-order chi connectivity index (χ1) is 8.89. The van der Waals surface area contributed by atoms with E-state index in [1.807, 2.05) is 13.8 Å². The zero-order chi connectivity index (χ0) is 13.7. The number of fused-ring (bicyclic) bond motifs is 1. The lowest BCUT2D eigenvalue weighted by Gasteiger charge is -2.46. The normalized spacial score (nSPS) is 28.9. The van der Waals surface area contributed by atoms with Crippen molar-refractivity contribution in [3.8, 4) is 5.75 Å². The Morgan fingerprint density at radius 3 is 2.84 bits per heavy atom. The number of hydrogen-bond acceptors (Lipinski definition) is 3. The first-order valence-electron chi connectivity index (χ1n) is 6.55. The molecule has 1 atom stereocenters. The molecule has 1 spiro atoms. The van der Waals surface area contributed by atoms with Gasteiger partial charge in [-0.15, -0.1) is 0 Å². The van der Waals surface area contributed by atoms with Gasteiger partial charge in [0.25, 0.3) is 0 Å². The summed E-state index contributed by atoms with van der Waals surface area (Å²) in [6.07, 6.45) is 1.65. The fourth-order valence-corrected chi connectivity index (χ4v) is 3.13. The third-order valence-electron chi connectivity index (χ3n) is 3.85. The van der Waals surface area contributed by atoms with Gasteiger partial charge in [0, 0.05) is 18.9 Å². The Bertz CT molecular complexity index is 538. The molecule has 1 fully saturated rings. The summed E-state index contributed by atoms with van der Waals surface area (Å²) in [5.41, 5.74) is -0.375. The molecule has 1 saturated heterocycles. The number of benzene rings is 1. The predicted molar refractivity (Wildman–Crippen MR) is 68.0 cm³/mol. The summed E-state index contributed by atoms with van der Waals surface area (Å²) in [6.45, 7) is 4.54. The van der Waals surface area contributed by atoms with Gasteiger partial charge < -0.3 is 9.47 Å². The smallest absolute Gasteiger partial charge is 0.170 e. The molecule has 19 heavy (non-hydrogen) atoms. The quantitative estimate of drug-likeness (QED) is 0.722. The average Bonchev–Trinajstić information content (AvgIpc) is 2.25. The summed E-state index contributed by atoms with van der Waals surface area (Å²) in [7, 11) is 0. The third-order valence-corrected chi connectivity index (χ3v) is 3.85. The maximum absolute atomic E-state index is 13.3. The van der Waals surface area contributed by atoms with Crippen molar-refractivity contribution in [2.75, 3.05) is 6.61 Å². The Morgan fingerprint density at radius 2 is 2.11 bits per heavy atom. The van der Waals surface area contributed by atoms with Crippen molar-refractivity contribution in [2.45, 2.75) is 44.3 Å². The van der Waals surface area contributed by atoms with Crippen LogP contribution < -0.4 is 4.74 Å². The fourth-order valence-electron chi connectivity index (χ4n) is 3.13. The molecule has 0 radical (unpaired) electrons. The van der Waals surface area contributed by atoms with Crippen molar-refractivity contribution in [1.29, 1.82) is 0 Å². The van der Waals surface area contributed by atoms with E-state index in [0.717, 1.165) is 0 Å². The number of carbonyl (C=O) groups is 1. The monoisotopic (exact) mass is 264 g/mol. The van der Waals surface area contributed by atoms with E-state index in [9.17, 15) is 9.18 Å². The van der Waals surface area contributed by atoms with E-state index in [4.69, 9.17) is 9.47 Å². The highest BCUT2D eigenvalue weighted by Gasteiger charge is 2.47. The molecule has 1 aromatic rings. The van der Waals surface area contributed by atoms with Crippen LogP contribution in [0.1, 0.15) is 43.5 Å². The molecule has 4 heteroatoms. The molecule has 3 nitrogen and oxygen atoms in total. The minimum atomic E-state index is -0.542. The fraction of sp³-hybridized carbons (Fsp3) is 0.533. The molecule has 1 unspecified atom stereocenters. The van der Waals surface area contributed by atoms with E-state index >= 15 is 0 Å². The van der Waals surface area contributed by atoms with Gasteiger partial charge in [-0.05, 0) is 26.0 Å². The Morgan fingerprint density at radius 1 is 1.32 bits per heavy atom. The summed E-state index contributed by atoms with van der Waals surface area (Å²) in [5, 5.41) is 0. The van der Waals surface area contributed by atoms with Crippen LogP contribution in [-0.2, 0) is 4.74 Å². The molecule has 2 aliphatic rings. The van der Waals surface area contributed by atoms with E-state index in [2.05, 4.69) is 0 Å². The lowest BCUT2D eigenvalue weighted by atomic mass is 9.78. The number of halogens is 1. The molecule has 0 amide bonds. The van der Waals surface area contributed by atoms with Crippen molar-refractivity contribution in [3.63, 3.8) is 0 Å². The van der Waals surface area contributed by atoms with Gasteiger partial charge in [0.1, 0.15) is 17.2 Å². The van der Waals surface area contributed by atoms with Gasteiger partial charge in [0.05, 0.1) is 24.2 Å². The molecule has 1 aromatic carbocycles. The van der Waals surface area contributed by atoms with Crippen LogP contribution in [0.3, 0.4) is 0 Å². The highest BCUT2D eigenvalue weighted by atomic mass is 19.1. The van der Waals surface area contributed by atoms with Gasteiger partial charge in [-0.1, -0.05) is 0 Å². The predicted octanol–water partition coefficient (Wildman–Crippen LogP) is 3.12. The summed E-state index contributed by atoms with van der Waals surface area (Å²) in [5.74, 6) is 0.0165. The minimum absolute atomic E-state index is 0.0268. The summed E-state index contributed by atoms with van der Waals surface area (Å²) in [4.78, 5) is 12.2. The standard InChI is InChI=1S/C15H17FO3/c1-14(2)9-15(5-6-18-14)8-12(17)11-4-3-10(16)7-13(11)19-15/h3-4,7H,5-6,8-9H2,1-2H3. The van der Waals surface area contributed by atoms with Crippen LogP contribution in [0.5, 0.6) is 5.75 Å². The van der Waals surface area contributed by atoms with E-state index in [-0.39, 0.29) is 17.2 Å². The zero-order valence-electron chi connectivity index (χ0n) is 11.2. The van der Waals surface area contributed by atoms with Crippen LogP contribution >= 0.6 is 0 Å². The molecule has 0 aromatic heterocycles. The van der Waals surface area contributed by atoms with Crippen molar-refractivity contribution in [1.82, 2.24) is 0 Å². The van der Waals surface area contributed by atoms with Gasteiger partial charge in [0.15, 0.2) is 5.78 Å². The number of ketones is 1. The van der Waals surface area contributed by atoms with Crippen molar-refractivity contribution in [2.24, 2.45) is 0 Å². The van der Waals surface area contributed by atoms with Crippen molar-refractivity contribution >= 4 is 5.78 Å². The molecule has 3 rings (SSSR count). The third kappa shape index (κ3) is 2.25. The molecule has 2 aliphatic heterocycles. The van der Waals surface area contributed by atoms with Crippen molar-refractivity contribution in [3.05, 3.63) is 29.6 Å². The zero-order valence-corrected chi connectivity index (χ0v) is 11.2. The van der Waals surface area contributed by atoms with Gasteiger partial charge >= 0.3 is 0 Å². The molecule has 2 heterocycles. The topological polar surface area (TPSA) is 35.5 Å². The van der Waals surface area contributed by atoms with Gasteiger partial charge in [-0.2, -0.15) is 0 Å². The highest BCUT2D eigenvalue weighted by Crippen LogP contribution is 2.43. The second-order valence-corrected chi connectivity index (χ2v) is 6.06. The molecular weight excluding hydrogens is 247 g/mol. The van der Waals surface area contributed by atoms with Gasteiger partial charge in [-0.25, -0.2) is 4.39 Å². The van der Waals surface area contributed by atoms with E-state index in [1.165, 1.54) is 18.2 Å². The molecule has 0 saturated carbocycles. The Labute approximate surface area is 111 Å². The highest BCUT2D eigenvalue weighted by molar-refractivity contribution is 6.00. The van der Waals surface area contributed by atoms with Crippen LogP contribution in [0.25, 0.3) is 0 Å². The summed E-state index contributed by atoms with van der Waals surface area (Å²) >= 11 is 0. The number of carbonyl (C=O) groups excluding carboxylic acids is 1. The van der Waals surface area contributed by atoms with Gasteiger partial charge in [-0.3, -0.25) is 4.79 Å². The van der Waals surface area contributed by atoms with E-state index < -0.39 is 5.60 Å². The Kier molecular flexibility index (Phi) is 2.68. The van der Waals surface area contributed by atoms with Crippen LogP contribution in [0, 0.1) is 5.82 Å². The maximum Gasteiger partial charge on any atom is 0.170 e. The number of Topliss-reactive ketones (excluding diaryl/α,β-unsaturated/α-hetero) is 1. The van der Waals surface area contributed by atoms with Crippen molar-refractivity contribution < 1.29 is 18.7 Å². The molecule has 0 bridgehead atoms.